The lowest BCUT2D eigenvalue weighted by atomic mass is 10.2. The third-order valence-electron chi connectivity index (χ3n) is 4.06. The number of hydrogen-bond acceptors (Lipinski definition) is 5. The van der Waals surface area contributed by atoms with E-state index in [1.807, 2.05) is 0 Å². The van der Waals surface area contributed by atoms with Gasteiger partial charge in [0, 0.05) is 31.0 Å². The van der Waals surface area contributed by atoms with Crippen molar-refractivity contribution in [3.8, 4) is 0 Å². The van der Waals surface area contributed by atoms with E-state index in [-0.39, 0.29) is 21.7 Å². The molecule has 3 aromatic rings. The molecular weight excluding hydrogens is 455 g/mol. The Kier molecular flexibility index (Phi) is 7.34. The van der Waals surface area contributed by atoms with E-state index in [1.54, 1.807) is 23.6 Å². The number of amides is 3. The van der Waals surface area contributed by atoms with Gasteiger partial charge in [-0.2, -0.15) is 0 Å². The molecule has 0 aliphatic heterocycles. The summed E-state index contributed by atoms with van der Waals surface area (Å²) in [6.07, 6.45) is 2.73. The first kappa shape index (κ1) is 23.1. The summed E-state index contributed by atoms with van der Waals surface area (Å²) < 4.78 is 14.2. The van der Waals surface area contributed by atoms with Gasteiger partial charge in [-0.15, -0.1) is 11.3 Å². The lowest BCUT2D eigenvalue weighted by Crippen LogP contribution is -2.23. The van der Waals surface area contributed by atoms with E-state index in [4.69, 9.17) is 11.6 Å². The monoisotopic (exact) mass is 472 g/mol. The van der Waals surface area contributed by atoms with Crippen LogP contribution in [0.3, 0.4) is 0 Å². The van der Waals surface area contributed by atoms with Crippen LogP contribution in [0.1, 0.15) is 19.5 Å². The van der Waals surface area contributed by atoms with Gasteiger partial charge in [-0.1, -0.05) is 23.7 Å². The summed E-state index contributed by atoms with van der Waals surface area (Å²) >= 11 is 7.29. The second kappa shape index (κ2) is 10.2. The van der Waals surface area contributed by atoms with E-state index in [1.165, 1.54) is 55.2 Å². The Balaban J connectivity index is 1.71. The molecule has 2 N–H and O–H groups in total. The molecule has 3 rings (SSSR count). The van der Waals surface area contributed by atoms with Gasteiger partial charge in [0.2, 0.25) is 17.7 Å². The minimum absolute atomic E-state index is 0.0972. The number of aromatic nitrogens is 1. The van der Waals surface area contributed by atoms with Gasteiger partial charge >= 0.3 is 0 Å². The van der Waals surface area contributed by atoms with Crippen LogP contribution in [0.2, 0.25) is 5.02 Å². The number of hydrogen-bond donors (Lipinski definition) is 2. The molecule has 10 heteroatoms. The van der Waals surface area contributed by atoms with E-state index in [9.17, 15) is 18.8 Å². The van der Waals surface area contributed by atoms with E-state index in [0.717, 1.165) is 11.3 Å². The molecule has 0 aliphatic carbocycles. The van der Waals surface area contributed by atoms with Gasteiger partial charge < -0.3 is 10.6 Å². The highest BCUT2D eigenvalue weighted by molar-refractivity contribution is 7.14. The second-order valence-corrected chi connectivity index (χ2v) is 7.80. The Morgan fingerprint density at radius 3 is 2.53 bits per heavy atom. The molecule has 1 aromatic heterocycles. The van der Waals surface area contributed by atoms with Crippen LogP contribution < -0.4 is 15.5 Å². The van der Waals surface area contributed by atoms with Crippen LogP contribution in [0.25, 0.3) is 6.08 Å². The van der Waals surface area contributed by atoms with Crippen LogP contribution in [0.4, 0.5) is 26.6 Å². The predicted octanol–water partition coefficient (Wildman–Crippen LogP) is 5.23. The van der Waals surface area contributed by atoms with Crippen LogP contribution in [0.5, 0.6) is 0 Å². The maximum Gasteiger partial charge on any atom is 0.248 e. The van der Waals surface area contributed by atoms with E-state index >= 15 is 0 Å². The van der Waals surface area contributed by atoms with Crippen molar-refractivity contribution >= 4 is 68.9 Å². The van der Waals surface area contributed by atoms with Gasteiger partial charge in [0.05, 0.1) is 22.1 Å². The van der Waals surface area contributed by atoms with Crippen molar-refractivity contribution in [1.82, 2.24) is 4.98 Å². The molecule has 0 saturated carbocycles. The Labute approximate surface area is 192 Å². The molecule has 0 atom stereocenters. The molecular formula is C22H18ClFN4O3S. The van der Waals surface area contributed by atoms with E-state index < -0.39 is 17.6 Å². The molecule has 1 heterocycles. The van der Waals surface area contributed by atoms with Crippen molar-refractivity contribution in [3.63, 3.8) is 0 Å². The molecule has 3 amide bonds. The third-order valence-corrected chi connectivity index (χ3v) is 5.22. The number of thiazole rings is 1. The van der Waals surface area contributed by atoms with Crippen molar-refractivity contribution in [3.05, 3.63) is 70.5 Å². The summed E-state index contributed by atoms with van der Waals surface area (Å²) in [6, 6.07) is 10.6. The zero-order chi connectivity index (χ0) is 23.3. The minimum atomic E-state index is -0.546. The van der Waals surface area contributed by atoms with Gasteiger partial charge in [0.15, 0.2) is 5.13 Å². The first-order chi connectivity index (χ1) is 15.2. The third kappa shape index (κ3) is 5.77. The molecule has 7 nitrogen and oxygen atoms in total. The average Bonchev–Trinajstić information content (AvgIpc) is 3.18. The van der Waals surface area contributed by atoms with Crippen LogP contribution in [0, 0.1) is 5.82 Å². The van der Waals surface area contributed by atoms with Crippen molar-refractivity contribution in [2.24, 2.45) is 0 Å². The number of anilines is 4. The van der Waals surface area contributed by atoms with E-state index in [0.29, 0.717) is 17.1 Å². The molecule has 0 fully saturated rings. The fourth-order valence-electron chi connectivity index (χ4n) is 2.73. The number of nitrogens with one attached hydrogen (secondary N) is 2. The molecule has 0 spiro atoms. The van der Waals surface area contributed by atoms with Crippen LogP contribution in [0.15, 0.2) is 53.9 Å². The summed E-state index contributed by atoms with van der Waals surface area (Å²) in [7, 11) is 0. The highest BCUT2D eigenvalue weighted by Gasteiger charge is 2.20. The van der Waals surface area contributed by atoms with Gasteiger partial charge in [0.1, 0.15) is 5.82 Å². The number of benzene rings is 2. The maximum atomic E-state index is 14.2. The quantitative estimate of drug-likeness (QED) is 0.480. The lowest BCUT2D eigenvalue weighted by molar-refractivity contribution is -0.116. The van der Waals surface area contributed by atoms with Crippen LogP contribution in [-0.4, -0.2) is 22.7 Å². The molecule has 0 unspecified atom stereocenters. The van der Waals surface area contributed by atoms with Crippen LogP contribution >= 0.6 is 22.9 Å². The van der Waals surface area contributed by atoms with Gasteiger partial charge in [-0.05, 0) is 36.4 Å². The van der Waals surface area contributed by atoms with Crippen LogP contribution in [-0.2, 0) is 14.4 Å². The fourth-order valence-corrected chi connectivity index (χ4v) is 3.80. The zero-order valence-corrected chi connectivity index (χ0v) is 18.6. The Bertz CT molecular complexity index is 1210. The smallest absolute Gasteiger partial charge is 0.248 e. The first-order valence-corrected chi connectivity index (χ1v) is 10.6. The number of nitrogens with zero attached hydrogens (tertiary/aromatic N) is 2. The molecule has 164 valence electrons. The second-order valence-electron chi connectivity index (χ2n) is 6.56. The van der Waals surface area contributed by atoms with Gasteiger partial charge in [-0.25, -0.2) is 9.37 Å². The average molecular weight is 473 g/mol. The number of carbonyl (C=O) groups is 3. The van der Waals surface area contributed by atoms with Gasteiger partial charge in [0.25, 0.3) is 0 Å². The summed E-state index contributed by atoms with van der Waals surface area (Å²) in [6.45, 7) is 2.70. The topological polar surface area (TPSA) is 91.4 Å². The first-order valence-electron chi connectivity index (χ1n) is 9.31. The largest absolute Gasteiger partial charge is 0.326 e. The molecule has 2 aromatic carbocycles. The summed E-state index contributed by atoms with van der Waals surface area (Å²) in [4.78, 5) is 40.9. The van der Waals surface area contributed by atoms with Crippen molar-refractivity contribution in [1.29, 1.82) is 0 Å². The fraction of sp³-hybridized carbons (Fsp3) is 0.0909. The number of carbonyl (C=O) groups excluding carboxylic acids is 3. The minimum Gasteiger partial charge on any atom is -0.326 e. The maximum absolute atomic E-state index is 14.2. The normalized spacial score (nSPS) is 10.8. The van der Waals surface area contributed by atoms with Gasteiger partial charge in [-0.3, -0.25) is 19.3 Å². The predicted molar refractivity (Wildman–Crippen MR) is 125 cm³/mol. The highest BCUT2D eigenvalue weighted by Crippen LogP contribution is 2.31. The molecule has 32 heavy (non-hydrogen) atoms. The Morgan fingerprint density at radius 1 is 1.12 bits per heavy atom. The van der Waals surface area contributed by atoms with Crippen molar-refractivity contribution in [2.75, 3.05) is 15.5 Å². The summed E-state index contributed by atoms with van der Waals surface area (Å²) in [5.74, 6) is -1.63. The summed E-state index contributed by atoms with van der Waals surface area (Å²) in [5, 5.41) is 7.41. The lowest BCUT2D eigenvalue weighted by Gasteiger charge is -2.18. The van der Waals surface area contributed by atoms with E-state index in [2.05, 4.69) is 15.6 Å². The Morgan fingerprint density at radius 2 is 1.88 bits per heavy atom. The van der Waals surface area contributed by atoms with Crippen molar-refractivity contribution in [2.45, 2.75) is 13.8 Å². The SMILES string of the molecule is CC(=O)Nc1ccc(NC(=O)/C=C/c2csc(N(C(C)=O)c3ccccc3F)n2)c(Cl)c1. The number of para-hydroxylation sites is 1. The van der Waals surface area contributed by atoms with Crippen molar-refractivity contribution < 1.29 is 18.8 Å². The molecule has 0 bridgehead atoms. The Hall–Kier alpha value is -3.56. The highest BCUT2D eigenvalue weighted by atomic mass is 35.5. The standard InChI is InChI=1S/C22H18ClFN4O3S/c1-13(29)25-15-7-9-19(17(23)11-15)27-21(31)10-8-16-12-32-22(26-16)28(14(2)30)20-6-4-3-5-18(20)24/h3-12H,1-2H3,(H,25,29)(H,27,31)/b10-8+. The summed E-state index contributed by atoms with van der Waals surface area (Å²) in [5.41, 5.74) is 1.41. The molecule has 0 radical (unpaired) electrons. The number of halogens is 2. The number of rotatable bonds is 6. The molecule has 0 aliphatic rings. The molecule has 0 saturated heterocycles. The zero-order valence-electron chi connectivity index (χ0n) is 17.1.